The molecule has 3 heterocycles. The molecule has 1 aliphatic carbocycles. The molecule has 3 aromatic heterocycles. The van der Waals surface area contributed by atoms with Crippen LogP contribution in [0.25, 0.3) is 15.9 Å². The third-order valence-electron chi connectivity index (χ3n) is 5.77. The molecule has 0 N–H and O–H groups in total. The van der Waals surface area contributed by atoms with E-state index in [-0.39, 0.29) is 0 Å². The predicted octanol–water partition coefficient (Wildman–Crippen LogP) is 5.07. The number of benzene rings is 1. The molecule has 4 aromatic rings. The summed E-state index contributed by atoms with van der Waals surface area (Å²) < 4.78 is 7.62. The van der Waals surface area contributed by atoms with E-state index in [9.17, 15) is 0 Å². The van der Waals surface area contributed by atoms with Gasteiger partial charge >= 0.3 is 0 Å². The maximum absolute atomic E-state index is 5.82. The number of rotatable bonds is 3. The third-order valence-corrected chi connectivity index (χ3v) is 6.93. The Labute approximate surface area is 168 Å². The van der Waals surface area contributed by atoms with E-state index in [1.54, 1.807) is 10.8 Å². The van der Waals surface area contributed by atoms with Crippen molar-refractivity contribution in [2.45, 2.75) is 46.6 Å². The molecular formula is C22H24N4OS. The molecule has 0 saturated carbocycles. The van der Waals surface area contributed by atoms with E-state index in [0.717, 1.165) is 35.0 Å². The van der Waals surface area contributed by atoms with Gasteiger partial charge in [0.15, 0.2) is 11.5 Å². The number of nitrogens with zero attached hydrogens (tertiary/aromatic N) is 4. The van der Waals surface area contributed by atoms with Gasteiger partial charge in [0, 0.05) is 4.88 Å². The van der Waals surface area contributed by atoms with Crippen LogP contribution < -0.4 is 4.74 Å². The van der Waals surface area contributed by atoms with Gasteiger partial charge in [0.05, 0.1) is 5.39 Å². The molecule has 0 fully saturated rings. The fraction of sp³-hybridized carbons (Fsp3) is 0.409. The van der Waals surface area contributed by atoms with Gasteiger partial charge in [-0.25, -0.2) is 14.5 Å². The average Bonchev–Trinajstić information content (AvgIpc) is 3.26. The highest BCUT2D eigenvalue weighted by Crippen LogP contribution is 2.43. The van der Waals surface area contributed by atoms with E-state index >= 15 is 0 Å². The van der Waals surface area contributed by atoms with Crippen LogP contribution in [-0.4, -0.2) is 19.6 Å². The minimum Gasteiger partial charge on any atom is -0.486 e. The molecule has 5 nitrogen and oxygen atoms in total. The van der Waals surface area contributed by atoms with Gasteiger partial charge in [0.2, 0.25) is 0 Å². The monoisotopic (exact) mass is 392 g/mol. The van der Waals surface area contributed by atoms with Gasteiger partial charge in [0.25, 0.3) is 0 Å². The van der Waals surface area contributed by atoms with E-state index in [0.29, 0.717) is 17.8 Å². The zero-order chi connectivity index (χ0) is 19.3. The molecular weight excluding hydrogens is 368 g/mol. The van der Waals surface area contributed by atoms with Crippen LogP contribution in [0.4, 0.5) is 0 Å². The van der Waals surface area contributed by atoms with Gasteiger partial charge in [-0.1, -0.05) is 39.0 Å². The zero-order valence-electron chi connectivity index (χ0n) is 16.5. The largest absolute Gasteiger partial charge is 0.486 e. The first-order valence-electron chi connectivity index (χ1n) is 9.81. The standard InChI is InChI=1S/C22H24N4OS/c1-22(2,3)14-9-10-16-17(11-14)28-21-19(16)20-24-18(25-26(20)13-23-21)12-27-15-7-5-4-6-8-15/h4-8,13-14H,9-12H2,1-3H3/t14-/m0/s1. The highest BCUT2D eigenvalue weighted by atomic mass is 32.1. The molecule has 0 unspecified atom stereocenters. The van der Waals surface area contributed by atoms with Crippen LogP contribution in [0, 0.1) is 11.3 Å². The molecule has 28 heavy (non-hydrogen) atoms. The summed E-state index contributed by atoms with van der Waals surface area (Å²) in [7, 11) is 0. The molecule has 0 aliphatic heterocycles. The van der Waals surface area contributed by atoms with Crippen molar-refractivity contribution in [1.29, 1.82) is 0 Å². The summed E-state index contributed by atoms with van der Waals surface area (Å²) in [6.45, 7) is 7.41. The van der Waals surface area contributed by atoms with Crippen molar-refractivity contribution in [1.82, 2.24) is 19.6 Å². The van der Waals surface area contributed by atoms with Crippen LogP contribution in [0.2, 0.25) is 0 Å². The Morgan fingerprint density at radius 3 is 2.82 bits per heavy atom. The number of hydrogen-bond donors (Lipinski definition) is 0. The smallest absolute Gasteiger partial charge is 0.189 e. The Bertz CT molecular complexity index is 1140. The molecule has 1 aromatic carbocycles. The maximum atomic E-state index is 5.82. The van der Waals surface area contributed by atoms with Crippen LogP contribution >= 0.6 is 11.3 Å². The molecule has 6 heteroatoms. The van der Waals surface area contributed by atoms with Crippen molar-refractivity contribution in [3.63, 3.8) is 0 Å². The Kier molecular flexibility index (Phi) is 4.12. The molecule has 0 radical (unpaired) electrons. The topological polar surface area (TPSA) is 52.3 Å². The van der Waals surface area contributed by atoms with Gasteiger partial charge < -0.3 is 4.74 Å². The summed E-state index contributed by atoms with van der Waals surface area (Å²) in [6, 6.07) is 9.78. The maximum Gasteiger partial charge on any atom is 0.189 e. The van der Waals surface area contributed by atoms with Gasteiger partial charge in [-0.05, 0) is 48.3 Å². The van der Waals surface area contributed by atoms with E-state index in [2.05, 4.69) is 30.9 Å². The second-order valence-electron chi connectivity index (χ2n) is 8.63. The second-order valence-corrected chi connectivity index (χ2v) is 9.72. The highest BCUT2D eigenvalue weighted by Gasteiger charge is 2.31. The summed E-state index contributed by atoms with van der Waals surface area (Å²) in [6.07, 6.45) is 5.24. The number of aryl methyl sites for hydroxylation is 1. The molecule has 1 aliphatic rings. The van der Waals surface area contributed by atoms with Gasteiger partial charge in [-0.15, -0.1) is 16.4 Å². The minimum absolute atomic E-state index is 0.341. The van der Waals surface area contributed by atoms with Crippen molar-refractivity contribution in [3.05, 3.63) is 52.9 Å². The molecule has 1 atom stereocenters. The van der Waals surface area contributed by atoms with Crippen molar-refractivity contribution in [2.24, 2.45) is 11.3 Å². The lowest BCUT2D eigenvalue weighted by Crippen LogP contribution is -2.26. The summed E-state index contributed by atoms with van der Waals surface area (Å²) in [5.41, 5.74) is 2.68. The average molecular weight is 393 g/mol. The minimum atomic E-state index is 0.341. The fourth-order valence-corrected chi connectivity index (χ4v) is 5.35. The Balaban J connectivity index is 1.50. The number of ether oxygens (including phenoxy) is 1. The summed E-state index contributed by atoms with van der Waals surface area (Å²) in [4.78, 5) is 12.0. The van der Waals surface area contributed by atoms with Crippen molar-refractivity contribution in [2.75, 3.05) is 0 Å². The molecule has 0 saturated heterocycles. The SMILES string of the molecule is CC(C)(C)[C@H]1CCc2c(sc3ncn4nc(COc5ccccc5)nc4c23)C1. The van der Waals surface area contributed by atoms with Crippen LogP contribution in [0.3, 0.4) is 0 Å². The van der Waals surface area contributed by atoms with Crippen molar-refractivity contribution < 1.29 is 4.74 Å². The van der Waals surface area contributed by atoms with Crippen molar-refractivity contribution in [3.8, 4) is 5.75 Å². The van der Waals surface area contributed by atoms with Crippen LogP contribution in [0.15, 0.2) is 36.7 Å². The van der Waals surface area contributed by atoms with Crippen LogP contribution in [0.1, 0.15) is 43.5 Å². The first-order chi connectivity index (χ1) is 13.5. The Hall–Kier alpha value is -2.47. The first kappa shape index (κ1) is 17.6. The van der Waals surface area contributed by atoms with Crippen molar-refractivity contribution >= 4 is 27.2 Å². The highest BCUT2D eigenvalue weighted by molar-refractivity contribution is 7.19. The van der Waals surface area contributed by atoms with E-state index in [1.807, 2.05) is 41.7 Å². The van der Waals surface area contributed by atoms with Gasteiger partial charge in [0.1, 0.15) is 23.5 Å². The number of fused-ring (bicyclic) bond motifs is 5. The quantitative estimate of drug-likeness (QED) is 0.488. The second kappa shape index (κ2) is 6.55. The molecule has 144 valence electrons. The lowest BCUT2D eigenvalue weighted by molar-refractivity contribution is 0.218. The van der Waals surface area contributed by atoms with E-state index < -0.39 is 0 Å². The fourth-order valence-electron chi connectivity index (χ4n) is 4.08. The Morgan fingerprint density at radius 1 is 1.21 bits per heavy atom. The number of thiophene rings is 1. The lowest BCUT2D eigenvalue weighted by Gasteiger charge is -2.33. The zero-order valence-corrected chi connectivity index (χ0v) is 17.3. The summed E-state index contributed by atoms with van der Waals surface area (Å²) in [5.74, 6) is 2.23. The number of hydrogen-bond acceptors (Lipinski definition) is 5. The normalized spacial score (nSPS) is 17.2. The molecule has 5 rings (SSSR count). The first-order valence-corrected chi connectivity index (χ1v) is 10.6. The number of aromatic nitrogens is 4. The van der Waals surface area contributed by atoms with E-state index in [4.69, 9.17) is 9.72 Å². The lowest BCUT2D eigenvalue weighted by atomic mass is 9.72. The van der Waals surface area contributed by atoms with Crippen LogP contribution in [-0.2, 0) is 19.4 Å². The summed E-state index contributed by atoms with van der Waals surface area (Å²) in [5, 5.41) is 5.77. The third kappa shape index (κ3) is 3.05. The molecule has 0 spiro atoms. The molecule has 0 bridgehead atoms. The Morgan fingerprint density at radius 2 is 2.04 bits per heavy atom. The molecule has 0 amide bonds. The van der Waals surface area contributed by atoms with Crippen LogP contribution in [0.5, 0.6) is 5.75 Å². The van der Waals surface area contributed by atoms with E-state index in [1.165, 1.54) is 22.2 Å². The number of para-hydroxylation sites is 1. The van der Waals surface area contributed by atoms with Gasteiger partial charge in [-0.2, -0.15) is 0 Å². The van der Waals surface area contributed by atoms with Gasteiger partial charge in [-0.3, -0.25) is 0 Å². The predicted molar refractivity (Wildman–Crippen MR) is 112 cm³/mol. The summed E-state index contributed by atoms with van der Waals surface area (Å²) >= 11 is 1.83.